The molecule has 2 unspecified atom stereocenters. The van der Waals surface area contributed by atoms with E-state index < -0.39 is 0 Å². The van der Waals surface area contributed by atoms with Crippen molar-refractivity contribution in [2.75, 3.05) is 6.54 Å². The molecule has 3 nitrogen and oxygen atoms in total. The Morgan fingerprint density at radius 3 is 3.06 bits per heavy atom. The summed E-state index contributed by atoms with van der Waals surface area (Å²) in [7, 11) is 0. The van der Waals surface area contributed by atoms with Crippen molar-refractivity contribution in [1.82, 2.24) is 15.3 Å². The van der Waals surface area contributed by atoms with Gasteiger partial charge in [-0.3, -0.25) is 0 Å². The van der Waals surface area contributed by atoms with Crippen LogP contribution >= 0.6 is 0 Å². The number of imidazole rings is 1. The van der Waals surface area contributed by atoms with E-state index in [0.717, 1.165) is 12.1 Å². The van der Waals surface area contributed by atoms with Crippen LogP contribution in [0.15, 0.2) is 18.2 Å². The van der Waals surface area contributed by atoms with E-state index in [0.29, 0.717) is 12.0 Å². The predicted octanol–water partition coefficient (Wildman–Crippen LogP) is 2.73. The molecule has 1 aliphatic heterocycles. The highest BCUT2D eigenvalue weighted by atomic mass is 15.0. The standard InChI is InChI=1S/C14H19N3/c1-9-3-4-12-13(7-9)17-14(16-12)11-5-6-15-10(2)8-11/h3-4,7,10-11,15H,5-6,8H2,1-2H3,(H,16,17). The number of H-pyrrole nitrogens is 1. The molecule has 1 aromatic heterocycles. The lowest BCUT2D eigenvalue weighted by Crippen LogP contribution is -2.35. The van der Waals surface area contributed by atoms with Gasteiger partial charge in [0.15, 0.2) is 0 Å². The molecule has 0 aliphatic carbocycles. The second-order valence-electron chi connectivity index (χ2n) is 5.22. The Bertz CT molecular complexity index is 529. The van der Waals surface area contributed by atoms with Crippen LogP contribution in [-0.4, -0.2) is 22.6 Å². The fraction of sp³-hybridized carbons (Fsp3) is 0.500. The van der Waals surface area contributed by atoms with Crippen molar-refractivity contribution in [1.29, 1.82) is 0 Å². The van der Waals surface area contributed by atoms with Crippen LogP contribution in [-0.2, 0) is 0 Å². The van der Waals surface area contributed by atoms with E-state index in [1.807, 2.05) is 0 Å². The molecule has 0 saturated carbocycles. The maximum atomic E-state index is 4.73. The molecule has 0 amide bonds. The highest BCUT2D eigenvalue weighted by Crippen LogP contribution is 2.27. The van der Waals surface area contributed by atoms with Gasteiger partial charge in [0.05, 0.1) is 11.0 Å². The van der Waals surface area contributed by atoms with E-state index in [1.54, 1.807) is 0 Å². The van der Waals surface area contributed by atoms with Gasteiger partial charge in [-0.2, -0.15) is 0 Å². The zero-order chi connectivity index (χ0) is 11.8. The minimum absolute atomic E-state index is 0.582. The summed E-state index contributed by atoms with van der Waals surface area (Å²) >= 11 is 0. The van der Waals surface area contributed by atoms with Gasteiger partial charge in [0.2, 0.25) is 0 Å². The number of aryl methyl sites for hydroxylation is 1. The van der Waals surface area contributed by atoms with Crippen molar-refractivity contribution in [3.05, 3.63) is 29.6 Å². The molecule has 2 N–H and O–H groups in total. The number of nitrogens with one attached hydrogen (secondary N) is 2. The number of aromatic amines is 1. The quantitative estimate of drug-likeness (QED) is 0.789. The van der Waals surface area contributed by atoms with E-state index in [9.17, 15) is 0 Å². The zero-order valence-electron chi connectivity index (χ0n) is 10.5. The zero-order valence-corrected chi connectivity index (χ0v) is 10.5. The third-order valence-corrected chi connectivity index (χ3v) is 3.67. The van der Waals surface area contributed by atoms with Gasteiger partial charge in [-0.25, -0.2) is 4.98 Å². The Kier molecular flexibility index (Phi) is 2.63. The minimum atomic E-state index is 0.582. The summed E-state index contributed by atoms with van der Waals surface area (Å²) in [6.45, 7) is 5.47. The Hall–Kier alpha value is -1.35. The lowest BCUT2D eigenvalue weighted by atomic mass is 9.93. The first-order valence-corrected chi connectivity index (χ1v) is 6.42. The second kappa shape index (κ2) is 4.15. The van der Waals surface area contributed by atoms with Crippen molar-refractivity contribution >= 4 is 11.0 Å². The van der Waals surface area contributed by atoms with E-state index in [-0.39, 0.29) is 0 Å². The molecule has 0 bridgehead atoms. The average molecular weight is 229 g/mol. The monoisotopic (exact) mass is 229 g/mol. The number of hydrogen-bond donors (Lipinski definition) is 2. The molecule has 1 aliphatic rings. The summed E-state index contributed by atoms with van der Waals surface area (Å²) in [4.78, 5) is 8.22. The Labute approximate surface area is 102 Å². The first kappa shape index (κ1) is 10.8. The van der Waals surface area contributed by atoms with E-state index in [1.165, 1.54) is 29.7 Å². The van der Waals surface area contributed by atoms with Crippen LogP contribution in [0.2, 0.25) is 0 Å². The molecule has 3 heteroatoms. The maximum absolute atomic E-state index is 4.73. The van der Waals surface area contributed by atoms with Crippen molar-refractivity contribution in [3.63, 3.8) is 0 Å². The van der Waals surface area contributed by atoms with Gasteiger partial charge in [-0.05, 0) is 50.9 Å². The van der Waals surface area contributed by atoms with Crippen molar-refractivity contribution in [3.8, 4) is 0 Å². The molecule has 0 spiro atoms. The third kappa shape index (κ3) is 2.07. The molecular weight excluding hydrogens is 210 g/mol. The smallest absolute Gasteiger partial charge is 0.110 e. The van der Waals surface area contributed by atoms with E-state index in [4.69, 9.17) is 4.98 Å². The molecule has 0 radical (unpaired) electrons. The molecule has 1 aromatic carbocycles. The topological polar surface area (TPSA) is 40.7 Å². The first-order valence-electron chi connectivity index (χ1n) is 6.42. The number of rotatable bonds is 1. The van der Waals surface area contributed by atoms with Crippen LogP contribution in [0.25, 0.3) is 11.0 Å². The SMILES string of the molecule is Cc1ccc2nc(C3CCNC(C)C3)[nH]c2c1. The third-order valence-electron chi connectivity index (χ3n) is 3.67. The fourth-order valence-corrected chi connectivity index (χ4v) is 2.72. The number of benzene rings is 1. The highest BCUT2D eigenvalue weighted by Gasteiger charge is 2.22. The Morgan fingerprint density at radius 1 is 1.35 bits per heavy atom. The van der Waals surface area contributed by atoms with Crippen LogP contribution in [0.3, 0.4) is 0 Å². The molecular formula is C14H19N3. The second-order valence-corrected chi connectivity index (χ2v) is 5.22. The van der Waals surface area contributed by atoms with Gasteiger partial charge < -0.3 is 10.3 Å². The summed E-state index contributed by atoms with van der Waals surface area (Å²) in [5.74, 6) is 1.75. The molecule has 17 heavy (non-hydrogen) atoms. The van der Waals surface area contributed by atoms with Crippen LogP contribution in [0.1, 0.15) is 37.1 Å². The van der Waals surface area contributed by atoms with Crippen LogP contribution in [0.5, 0.6) is 0 Å². The molecule has 1 saturated heterocycles. The fourth-order valence-electron chi connectivity index (χ4n) is 2.72. The highest BCUT2D eigenvalue weighted by molar-refractivity contribution is 5.75. The van der Waals surface area contributed by atoms with Crippen molar-refractivity contribution in [2.45, 2.75) is 38.6 Å². The van der Waals surface area contributed by atoms with Crippen molar-refractivity contribution < 1.29 is 0 Å². The number of hydrogen-bond acceptors (Lipinski definition) is 2. The lowest BCUT2D eigenvalue weighted by Gasteiger charge is -2.26. The summed E-state index contributed by atoms with van der Waals surface area (Å²) in [5.41, 5.74) is 3.55. The Balaban J connectivity index is 1.94. The average Bonchev–Trinajstić information content (AvgIpc) is 2.72. The van der Waals surface area contributed by atoms with Crippen LogP contribution < -0.4 is 5.32 Å². The van der Waals surface area contributed by atoms with Gasteiger partial charge in [0.25, 0.3) is 0 Å². The van der Waals surface area contributed by atoms with Gasteiger partial charge in [0, 0.05) is 12.0 Å². The van der Waals surface area contributed by atoms with Crippen LogP contribution in [0.4, 0.5) is 0 Å². The predicted molar refractivity (Wildman–Crippen MR) is 70.3 cm³/mol. The maximum Gasteiger partial charge on any atom is 0.110 e. The molecule has 90 valence electrons. The number of aromatic nitrogens is 2. The summed E-state index contributed by atoms with van der Waals surface area (Å²) in [6, 6.07) is 7.01. The minimum Gasteiger partial charge on any atom is -0.342 e. The Morgan fingerprint density at radius 2 is 2.24 bits per heavy atom. The van der Waals surface area contributed by atoms with Gasteiger partial charge >= 0.3 is 0 Å². The molecule has 3 rings (SSSR count). The molecule has 2 aromatic rings. The molecule has 1 fully saturated rings. The normalized spacial score (nSPS) is 25.3. The summed E-state index contributed by atoms with van der Waals surface area (Å²) in [5, 5.41) is 3.48. The van der Waals surface area contributed by atoms with Gasteiger partial charge in [-0.15, -0.1) is 0 Å². The van der Waals surface area contributed by atoms with Gasteiger partial charge in [-0.1, -0.05) is 6.07 Å². The number of fused-ring (bicyclic) bond motifs is 1. The number of nitrogens with zero attached hydrogens (tertiary/aromatic N) is 1. The van der Waals surface area contributed by atoms with E-state index in [2.05, 4.69) is 42.3 Å². The van der Waals surface area contributed by atoms with Crippen LogP contribution in [0, 0.1) is 6.92 Å². The van der Waals surface area contributed by atoms with E-state index >= 15 is 0 Å². The summed E-state index contributed by atoms with van der Waals surface area (Å²) in [6.07, 6.45) is 2.36. The number of piperidine rings is 1. The first-order chi connectivity index (χ1) is 8.22. The molecule has 2 atom stereocenters. The van der Waals surface area contributed by atoms with Gasteiger partial charge in [0.1, 0.15) is 5.82 Å². The lowest BCUT2D eigenvalue weighted by molar-refractivity contribution is 0.373. The molecule has 2 heterocycles. The van der Waals surface area contributed by atoms with Crippen molar-refractivity contribution in [2.24, 2.45) is 0 Å². The largest absolute Gasteiger partial charge is 0.342 e. The summed E-state index contributed by atoms with van der Waals surface area (Å²) < 4.78 is 0.